The van der Waals surface area contributed by atoms with Gasteiger partial charge < -0.3 is 4.74 Å². The summed E-state index contributed by atoms with van der Waals surface area (Å²) in [5.74, 6) is 0.885. The van der Waals surface area contributed by atoms with Gasteiger partial charge in [-0.25, -0.2) is 0 Å². The lowest BCUT2D eigenvalue weighted by Crippen LogP contribution is -1.82. The topological polar surface area (TPSA) is 9.23 Å². The zero-order valence-electron chi connectivity index (χ0n) is 12.8. The normalized spacial score (nSPS) is 10.1. The lowest BCUT2D eigenvalue weighted by Gasteiger charge is -2.03. The minimum Gasteiger partial charge on any atom is -0.497 e. The van der Waals surface area contributed by atoms with Gasteiger partial charge in [0, 0.05) is 0 Å². The fourth-order valence-corrected chi connectivity index (χ4v) is 2.42. The van der Waals surface area contributed by atoms with E-state index in [1.54, 1.807) is 7.11 Å². The summed E-state index contributed by atoms with van der Waals surface area (Å²) >= 11 is 0. The quantitative estimate of drug-likeness (QED) is 0.572. The van der Waals surface area contributed by atoms with Gasteiger partial charge in [0.2, 0.25) is 0 Å². The summed E-state index contributed by atoms with van der Waals surface area (Å²) in [7, 11) is 1.69. The SMILES string of the molecule is COc1ccc2cc(C=C=C(C)c3ccccc3)ccc2c1. The molecule has 0 atom stereocenters. The molecule has 0 aliphatic rings. The van der Waals surface area contributed by atoms with Crippen molar-refractivity contribution in [2.24, 2.45) is 0 Å². The van der Waals surface area contributed by atoms with E-state index in [0.29, 0.717) is 0 Å². The Morgan fingerprint density at radius 2 is 1.64 bits per heavy atom. The van der Waals surface area contributed by atoms with Crippen LogP contribution in [0.4, 0.5) is 0 Å². The number of benzene rings is 3. The Kier molecular flexibility index (Phi) is 4.09. The molecule has 1 nitrogen and oxygen atoms in total. The second kappa shape index (κ2) is 6.34. The van der Waals surface area contributed by atoms with E-state index in [4.69, 9.17) is 4.74 Å². The lowest BCUT2D eigenvalue weighted by atomic mass is 10.1. The summed E-state index contributed by atoms with van der Waals surface area (Å²) in [5.41, 5.74) is 6.85. The Morgan fingerprint density at radius 3 is 2.41 bits per heavy atom. The van der Waals surface area contributed by atoms with E-state index >= 15 is 0 Å². The van der Waals surface area contributed by atoms with Crippen molar-refractivity contribution in [3.8, 4) is 5.75 Å². The molecule has 3 aromatic carbocycles. The van der Waals surface area contributed by atoms with Crippen LogP contribution in [-0.4, -0.2) is 7.11 Å². The van der Waals surface area contributed by atoms with Crippen molar-refractivity contribution in [1.29, 1.82) is 0 Å². The van der Waals surface area contributed by atoms with Crippen LogP contribution in [0.15, 0.2) is 72.5 Å². The number of ether oxygens (including phenoxy) is 1. The second-order valence-electron chi connectivity index (χ2n) is 5.25. The first-order valence-electron chi connectivity index (χ1n) is 7.33. The molecule has 1 heteroatoms. The van der Waals surface area contributed by atoms with E-state index in [9.17, 15) is 0 Å². The van der Waals surface area contributed by atoms with Gasteiger partial charge in [0.25, 0.3) is 0 Å². The predicted octanol–water partition coefficient (Wildman–Crippen LogP) is 5.56. The Bertz CT molecular complexity index is 853. The number of rotatable bonds is 3. The van der Waals surface area contributed by atoms with Gasteiger partial charge in [0.05, 0.1) is 7.11 Å². The molecule has 22 heavy (non-hydrogen) atoms. The van der Waals surface area contributed by atoms with E-state index in [2.05, 4.69) is 49.1 Å². The minimum absolute atomic E-state index is 0.885. The smallest absolute Gasteiger partial charge is 0.119 e. The third-order valence-corrected chi connectivity index (χ3v) is 3.73. The van der Waals surface area contributed by atoms with Crippen LogP contribution in [0.5, 0.6) is 5.75 Å². The molecule has 0 amide bonds. The van der Waals surface area contributed by atoms with Crippen LogP contribution >= 0.6 is 0 Å². The maximum Gasteiger partial charge on any atom is 0.119 e. The van der Waals surface area contributed by atoms with Crippen molar-refractivity contribution >= 4 is 22.4 Å². The third kappa shape index (κ3) is 3.11. The molecule has 0 aliphatic heterocycles. The van der Waals surface area contributed by atoms with E-state index in [1.807, 2.05) is 36.4 Å². The molecule has 0 radical (unpaired) electrons. The van der Waals surface area contributed by atoms with Crippen molar-refractivity contribution in [2.75, 3.05) is 7.11 Å². The number of hydrogen-bond acceptors (Lipinski definition) is 1. The Labute approximate surface area is 131 Å². The van der Waals surface area contributed by atoms with E-state index in [-0.39, 0.29) is 0 Å². The van der Waals surface area contributed by atoms with E-state index in [1.165, 1.54) is 16.3 Å². The molecule has 0 aliphatic carbocycles. The maximum atomic E-state index is 5.26. The Hall–Kier alpha value is -2.76. The van der Waals surface area contributed by atoms with Crippen LogP contribution < -0.4 is 4.74 Å². The monoisotopic (exact) mass is 286 g/mol. The maximum absolute atomic E-state index is 5.26. The molecule has 0 spiro atoms. The van der Waals surface area contributed by atoms with Crippen molar-refractivity contribution in [3.05, 3.63) is 83.6 Å². The highest BCUT2D eigenvalue weighted by Gasteiger charge is 1.97. The fraction of sp³-hybridized carbons (Fsp3) is 0.0952. The molecule has 0 saturated heterocycles. The van der Waals surface area contributed by atoms with Crippen LogP contribution in [-0.2, 0) is 0 Å². The number of allylic oxidation sites excluding steroid dienone is 1. The summed E-state index contributed by atoms with van der Waals surface area (Å²) in [5, 5.41) is 2.38. The van der Waals surface area contributed by atoms with Crippen molar-refractivity contribution in [1.82, 2.24) is 0 Å². The molecular weight excluding hydrogens is 268 g/mol. The standard InChI is InChI=1S/C21H18O/c1-16(18-6-4-3-5-7-18)8-9-17-10-11-20-15-21(22-2)13-12-19(20)14-17/h3-7,9-15H,1-2H3. The fourth-order valence-electron chi connectivity index (χ4n) is 2.42. The van der Waals surface area contributed by atoms with Crippen LogP contribution in [0.25, 0.3) is 22.4 Å². The highest BCUT2D eigenvalue weighted by molar-refractivity contribution is 5.86. The highest BCUT2D eigenvalue weighted by Crippen LogP contribution is 2.22. The number of fused-ring (bicyclic) bond motifs is 1. The highest BCUT2D eigenvalue weighted by atomic mass is 16.5. The molecule has 3 aromatic rings. The van der Waals surface area contributed by atoms with E-state index in [0.717, 1.165) is 16.9 Å². The molecule has 0 bridgehead atoms. The van der Waals surface area contributed by atoms with Gasteiger partial charge in [-0.2, -0.15) is 0 Å². The van der Waals surface area contributed by atoms with Crippen LogP contribution in [0, 0.1) is 0 Å². The molecule has 108 valence electrons. The number of hydrogen-bond donors (Lipinski definition) is 0. The minimum atomic E-state index is 0.885. The van der Waals surface area contributed by atoms with Gasteiger partial charge in [-0.15, -0.1) is 5.73 Å². The molecule has 0 N–H and O–H groups in total. The van der Waals surface area contributed by atoms with Crippen molar-refractivity contribution < 1.29 is 4.74 Å². The van der Waals surface area contributed by atoms with Gasteiger partial charge in [0.15, 0.2) is 0 Å². The largest absolute Gasteiger partial charge is 0.497 e. The second-order valence-corrected chi connectivity index (χ2v) is 5.25. The van der Waals surface area contributed by atoms with Crippen molar-refractivity contribution in [3.63, 3.8) is 0 Å². The Balaban J connectivity index is 1.95. The molecule has 3 rings (SSSR count). The molecule has 0 saturated carbocycles. The van der Waals surface area contributed by atoms with Gasteiger partial charge in [0.1, 0.15) is 5.75 Å². The first-order chi connectivity index (χ1) is 10.8. The zero-order chi connectivity index (χ0) is 15.4. The summed E-state index contributed by atoms with van der Waals surface area (Å²) < 4.78 is 5.26. The molecular formula is C21H18O. The van der Waals surface area contributed by atoms with Crippen molar-refractivity contribution in [2.45, 2.75) is 6.92 Å². The lowest BCUT2D eigenvalue weighted by molar-refractivity contribution is 0.415. The van der Waals surface area contributed by atoms with Gasteiger partial charge in [-0.05, 0) is 58.7 Å². The summed E-state index contributed by atoms with van der Waals surface area (Å²) in [4.78, 5) is 0. The summed E-state index contributed by atoms with van der Waals surface area (Å²) in [6, 6.07) is 22.8. The van der Waals surface area contributed by atoms with Crippen LogP contribution in [0.2, 0.25) is 0 Å². The number of methoxy groups -OCH3 is 1. The van der Waals surface area contributed by atoms with Gasteiger partial charge >= 0.3 is 0 Å². The average molecular weight is 286 g/mol. The predicted molar refractivity (Wildman–Crippen MR) is 94.0 cm³/mol. The van der Waals surface area contributed by atoms with Crippen LogP contribution in [0.1, 0.15) is 18.1 Å². The van der Waals surface area contributed by atoms with E-state index < -0.39 is 0 Å². The average Bonchev–Trinajstić information content (AvgIpc) is 2.59. The Morgan fingerprint density at radius 1 is 0.909 bits per heavy atom. The zero-order valence-corrected chi connectivity index (χ0v) is 12.8. The molecule has 0 heterocycles. The third-order valence-electron chi connectivity index (χ3n) is 3.73. The summed E-state index contributed by atoms with van der Waals surface area (Å²) in [6.45, 7) is 2.08. The van der Waals surface area contributed by atoms with Gasteiger partial charge in [-0.3, -0.25) is 0 Å². The summed E-state index contributed by atoms with van der Waals surface area (Å²) in [6.07, 6.45) is 2.03. The molecule has 0 aromatic heterocycles. The van der Waals surface area contributed by atoms with Gasteiger partial charge in [-0.1, -0.05) is 48.5 Å². The molecule has 0 unspecified atom stereocenters. The van der Waals surface area contributed by atoms with Crippen LogP contribution in [0.3, 0.4) is 0 Å². The first kappa shape index (κ1) is 14.2. The molecule has 0 fully saturated rings. The first-order valence-corrected chi connectivity index (χ1v) is 7.33.